The van der Waals surface area contributed by atoms with Gasteiger partial charge < -0.3 is 5.32 Å². The molecule has 132 valence electrons. The fraction of sp³-hybridized carbons (Fsp3) is 0.381. The van der Waals surface area contributed by atoms with E-state index in [9.17, 15) is 4.79 Å². The fourth-order valence-electron chi connectivity index (χ4n) is 3.37. The lowest BCUT2D eigenvalue weighted by molar-refractivity contribution is -0.121. The Morgan fingerprint density at radius 1 is 1.04 bits per heavy atom. The summed E-state index contributed by atoms with van der Waals surface area (Å²) in [5.41, 5.74) is 5.11. The first kappa shape index (κ1) is 18.3. The Bertz CT molecular complexity index is 772. The van der Waals surface area contributed by atoms with Crippen LogP contribution < -0.4 is 5.32 Å². The number of halogens is 2. The van der Waals surface area contributed by atoms with Gasteiger partial charge in [-0.3, -0.25) is 4.79 Å². The summed E-state index contributed by atoms with van der Waals surface area (Å²) in [6, 6.07) is 12.2. The molecular formula is C21H23Cl2NO. The lowest BCUT2D eigenvalue weighted by Gasteiger charge is -2.20. The standard InChI is InChI=1S/C21H23Cl2NO/c1-14(17-9-8-16-4-2-3-5-18(16)13-17)24-21(25)11-7-15-6-10-19(22)20(23)12-15/h6,8-10,12-14H,2-5,7,11H2,1H3,(H,24,25)/t14-/m1/s1. The minimum absolute atomic E-state index is 0.0218. The van der Waals surface area contributed by atoms with E-state index in [0.29, 0.717) is 22.9 Å². The molecule has 0 radical (unpaired) electrons. The number of benzene rings is 2. The van der Waals surface area contributed by atoms with Crippen molar-refractivity contribution in [2.45, 2.75) is 51.5 Å². The molecule has 1 aliphatic carbocycles. The molecule has 0 heterocycles. The van der Waals surface area contributed by atoms with E-state index in [4.69, 9.17) is 23.2 Å². The summed E-state index contributed by atoms with van der Waals surface area (Å²) in [5.74, 6) is 0.0521. The lowest BCUT2D eigenvalue weighted by atomic mass is 9.89. The van der Waals surface area contributed by atoms with E-state index in [1.165, 1.54) is 36.0 Å². The fourth-order valence-corrected chi connectivity index (χ4v) is 3.69. The van der Waals surface area contributed by atoms with E-state index in [2.05, 4.69) is 23.5 Å². The topological polar surface area (TPSA) is 29.1 Å². The van der Waals surface area contributed by atoms with E-state index in [1.54, 1.807) is 6.07 Å². The third-order valence-electron chi connectivity index (χ3n) is 4.87. The molecule has 0 spiro atoms. The van der Waals surface area contributed by atoms with Crippen LogP contribution in [0.5, 0.6) is 0 Å². The molecule has 0 bridgehead atoms. The van der Waals surface area contributed by atoms with Gasteiger partial charge in [0.2, 0.25) is 5.91 Å². The van der Waals surface area contributed by atoms with Crippen molar-refractivity contribution in [1.29, 1.82) is 0 Å². The molecule has 2 aromatic rings. The van der Waals surface area contributed by atoms with Crippen LogP contribution in [0.25, 0.3) is 0 Å². The number of hydrogen-bond acceptors (Lipinski definition) is 1. The monoisotopic (exact) mass is 375 g/mol. The van der Waals surface area contributed by atoms with Crippen LogP contribution in [0.2, 0.25) is 10.0 Å². The van der Waals surface area contributed by atoms with Gasteiger partial charge >= 0.3 is 0 Å². The average Bonchev–Trinajstić information content (AvgIpc) is 2.62. The molecule has 0 fully saturated rings. The highest BCUT2D eigenvalue weighted by Gasteiger charge is 2.14. The van der Waals surface area contributed by atoms with E-state index < -0.39 is 0 Å². The molecule has 4 heteroatoms. The second-order valence-corrected chi connectivity index (χ2v) is 7.59. The maximum Gasteiger partial charge on any atom is 0.220 e. The van der Waals surface area contributed by atoms with Crippen LogP contribution in [-0.2, 0) is 24.1 Å². The van der Waals surface area contributed by atoms with Crippen LogP contribution in [0.15, 0.2) is 36.4 Å². The molecule has 1 aliphatic rings. The van der Waals surface area contributed by atoms with Gasteiger partial charge in [0.25, 0.3) is 0 Å². The number of nitrogens with one attached hydrogen (secondary N) is 1. The number of hydrogen-bond donors (Lipinski definition) is 1. The van der Waals surface area contributed by atoms with Gasteiger partial charge in [-0.1, -0.05) is 47.5 Å². The van der Waals surface area contributed by atoms with Crippen LogP contribution in [0.4, 0.5) is 0 Å². The highest BCUT2D eigenvalue weighted by molar-refractivity contribution is 6.42. The molecule has 2 aromatic carbocycles. The Kier molecular flexibility index (Phi) is 6.03. The van der Waals surface area contributed by atoms with Crippen molar-refractivity contribution in [1.82, 2.24) is 5.32 Å². The van der Waals surface area contributed by atoms with Gasteiger partial charge in [0.1, 0.15) is 0 Å². The predicted octanol–water partition coefficient (Wildman–Crippen LogP) is 5.68. The summed E-state index contributed by atoms with van der Waals surface area (Å²) in [6.07, 6.45) is 5.97. The Labute approximate surface area is 159 Å². The molecule has 0 unspecified atom stereocenters. The average molecular weight is 376 g/mol. The molecule has 0 aromatic heterocycles. The summed E-state index contributed by atoms with van der Waals surface area (Å²) in [6.45, 7) is 2.04. The normalized spacial score (nSPS) is 14.7. The summed E-state index contributed by atoms with van der Waals surface area (Å²) >= 11 is 11.9. The van der Waals surface area contributed by atoms with Gasteiger partial charge in [-0.2, -0.15) is 0 Å². The Morgan fingerprint density at radius 3 is 2.56 bits per heavy atom. The van der Waals surface area contributed by atoms with Crippen molar-refractivity contribution in [3.8, 4) is 0 Å². The quantitative estimate of drug-likeness (QED) is 0.714. The van der Waals surface area contributed by atoms with Crippen molar-refractivity contribution in [3.63, 3.8) is 0 Å². The third kappa shape index (κ3) is 4.77. The largest absolute Gasteiger partial charge is 0.350 e. The van der Waals surface area contributed by atoms with Crippen molar-refractivity contribution < 1.29 is 4.79 Å². The zero-order chi connectivity index (χ0) is 17.8. The molecule has 0 saturated heterocycles. The molecule has 1 N–H and O–H groups in total. The molecule has 0 aliphatic heterocycles. The van der Waals surface area contributed by atoms with E-state index in [-0.39, 0.29) is 11.9 Å². The Hall–Kier alpha value is -1.51. The summed E-state index contributed by atoms with van der Waals surface area (Å²) in [4.78, 5) is 12.3. The second-order valence-electron chi connectivity index (χ2n) is 6.77. The summed E-state index contributed by atoms with van der Waals surface area (Å²) < 4.78 is 0. The highest BCUT2D eigenvalue weighted by Crippen LogP contribution is 2.25. The number of carbonyl (C=O) groups excluding carboxylic acids is 1. The molecule has 3 rings (SSSR count). The SMILES string of the molecule is C[C@@H](NC(=O)CCc1ccc(Cl)c(Cl)c1)c1ccc2c(c1)CCCC2. The van der Waals surface area contributed by atoms with Crippen LogP contribution in [0.3, 0.4) is 0 Å². The van der Waals surface area contributed by atoms with Gasteiger partial charge in [-0.05, 0) is 73.4 Å². The minimum Gasteiger partial charge on any atom is -0.350 e. The smallest absolute Gasteiger partial charge is 0.220 e. The first-order valence-corrected chi connectivity index (χ1v) is 9.63. The van der Waals surface area contributed by atoms with Gasteiger partial charge in [-0.15, -0.1) is 0 Å². The van der Waals surface area contributed by atoms with Crippen molar-refractivity contribution >= 4 is 29.1 Å². The molecule has 0 saturated carbocycles. The Morgan fingerprint density at radius 2 is 1.80 bits per heavy atom. The molecule has 2 nitrogen and oxygen atoms in total. The van der Waals surface area contributed by atoms with Crippen molar-refractivity contribution in [3.05, 3.63) is 68.7 Å². The second kappa shape index (κ2) is 8.25. The molecule has 1 amide bonds. The van der Waals surface area contributed by atoms with E-state index in [1.807, 2.05) is 19.1 Å². The molecule has 1 atom stereocenters. The number of amides is 1. The van der Waals surface area contributed by atoms with Crippen LogP contribution >= 0.6 is 23.2 Å². The lowest BCUT2D eigenvalue weighted by Crippen LogP contribution is -2.27. The number of carbonyl (C=O) groups is 1. The van der Waals surface area contributed by atoms with Gasteiger partial charge in [0.05, 0.1) is 16.1 Å². The van der Waals surface area contributed by atoms with Gasteiger partial charge in [-0.25, -0.2) is 0 Å². The Balaban J connectivity index is 1.56. The first-order chi connectivity index (χ1) is 12.0. The van der Waals surface area contributed by atoms with Crippen LogP contribution in [0.1, 0.15) is 54.5 Å². The zero-order valence-corrected chi connectivity index (χ0v) is 16.0. The number of fused-ring (bicyclic) bond motifs is 1. The van der Waals surface area contributed by atoms with Crippen LogP contribution in [-0.4, -0.2) is 5.91 Å². The maximum atomic E-state index is 12.3. The van der Waals surface area contributed by atoms with Gasteiger partial charge in [0, 0.05) is 6.42 Å². The number of rotatable bonds is 5. The third-order valence-corrected chi connectivity index (χ3v) is 5.61. The summed E-state index contributed by atoms with van der Waals surface area (Å²) in [5, 5.41) is 4.17. The van der Waals surface area contributed by atoms with Gasteiger partial charge in [0.15, 0.2) is 0 Å². The predicted molar refractivity (Wildman–Crippen MR) is 104 cm³/mol. The van der Waals surface area contributed by atoms with Crippen molar-refractivity contribution in [2.24, 2.45) is 0 Å². The zero-order valence-electron chi connectivity index (χ0n) is 14.4. The minimum atomic E-state index is 0.0218. The van der Waals surface area contributed by atoms with E-state index >= 15 is 0 Å². The summed E-state index contributed by atoms with van der Waals surface area (Å²) in [7, 11) is 0. The number of aryl methyl sites for hydroxylation is 3. The molecule has 25 heavy (non-hydrogen) atoms. The molecular weight excluding hydrogens is 353 g/mol. The van der Waals surface area contributed by atoms with Crippen LogP contribution in [0, 0.1) is 0 Å². The maximum absolute atomic E-state index is 12.3. The highest BCUT2D eigenvalue weighted by atomic mass is 35.5. The van der Waals surface area contributed by atoms with E-state index in [0.717, 1.165) is 12.0 Å². The first-order valence-electron chi connectivity index (χ1n) is 8.88. The van der Waals surface area contributed by atoms with Crippen molar-refractivity contribution in [2.75, 3.05) is 0 Å².